The fourth-order valence-electron chi connectivity index (χ4n) is 2.93. The van der Waals surface area contributed by atoms with Crippen LogP contribution in [0.5, 0.6) is 0 Å². The van der Waals surface area contributed by atoms with Gasteiger partial charge in [0.25, 0.3) is 0 Å². The highest BCUT2D eigenvalue weighted by Crippen LogP contribution is 2.29. The third kappa shape index (κ3) is 3.56. The van der Waals surface area contributed by atoms with Crippen molar-refractivity contribution in [2.24, 2.45) is 5.92 Å². The molecule has 1 aliphatic heterocycles. The van der Waals surface area contributed by atoms with Gasteiger partial charge in [-0.2, -0.15) is 0 Å². The van der Waals surface area contributed by atoms with Gasteiger partial charge in [0.05, 0.1) is 12.5 Å². The van der Waals surface area contributed by atoms with Crippen LogP contribution < -0.4 is 5.32 Å². The second-order valence-corrected chi connectivity index (χ2v) is 6.02. The number of hydrogen-bond donors (Lipinski definition) is 1. The Morgan fingerprint density at radius 3 is 2.81 bits per heavy atom. The highest BCUT2D eigenvalue weighted by atomic mass is 16.5. The molecule has 0 aromatic heterocycles. The molecule has 0 spiro atoms. The predicted molar refractivity (Wildman–Crippen MR) is 85.4 cm³/mol. The molecule has 1 amide bonds. The minimum absolute atomic E-state index is 0.0147. The van der Waals surface area contributed by atoms with Gasteiger partial charge in [-0.1, -0.05) is 18.2 Å². The maximum atomic E-state index is 12.9. The first kappa shape index (κ1) is 15.8. The largest absolute Gasteiger partial charge is 0.383 e. The van der Waals surface area contributed by atoms with Crippen LogP contribution in [0.4, 0.5) is 5.69 Å². The maximum Gasteiger partial charge on any atom is 0.228 e. The summed E-state index contributed by atoms with van der Waals surface area (Å²) in [4.78, 5) is 14.8. The van der Waals surface area contributed by atoms with Crippen LogP contribution in [-0.4, -0.2) is 43.2 Å². The first-order valence-corrected chi connectivity index (χ1v) is 7.68. The Labute approximate surface area is 127 Å². The van der Waals surface area contributed by atoms with Crippen LogP contribution in [0, 0.1) is 5.92 Å². The molecule has 4 heteroatoms. The quantitative estimate of drug-likeness (QED) is 0.906. The molecule has 4 nitrogen and oxygen atoms in total. The molecule has 0 saturated carbocycles. The second-order valence-electron chi connectivity index (χ2n) is 6.02. The molecule has 1 N–H and O–H groups in total. The molecule has 1 heterocycles. The second kappa shape index (κ2) is 6.94. The van der Waals surface area contributed by atoms with Crippen molar-refractivity contribution in [2.75, 3.05) is 25.6 Å². The zero-order chi connectivity index (χ0) is 15.4. The van der Waals surface area contributed by atoms with Gasteiger partial charge in [0.2, 0.25) is 5.91 Å². The number of methoxy groups -OCH3 is 1. The number of rotatable bonds is 5. The number of nitrogens with one attached hydrogen (secondary N) is 1. The molecule has 0 fully saturated rings. The van der Waals surface area contributed by atoms with E-state index in [2.05, 4.69) is 38.2 Å². The van der Waals surface area contributed by atoms with Gasteiger partial charge in [-0.05, 0) is 38.8 Å². The van der Waals surface area contributed by atoms with Gasteiger partial charge >= 0.3 is 0 Å². The van der Waals surface area contributed by atoms with Gasteiger partial charge in [-0.15, -0.1) is 0 Å². The summed E-state index contributed by atoms with van der Waals surface area (Å²) in [6, 6.07) is 8.58. The zero-order valence-electron chi connectivity index (χ0n) is 13.4. The number of nitrogens with zero attached hydrogens (tertiary/aromatic N) is 1. The van der Waals surface area contributed by atoms with Gasteiger partial charge in [0.1, 0.15) is 0 Å². The van der Waals surface area contributed by atoms with Crippen LogP contribution in [0.1, 0.15) is 26.3 Å². The first-order chi connectivity index (χ1) is 10.0. The van der Waals surface area contributed by atoms with Crippen molar-refractivity contribution in [1.82, 2.24) is 4.90 Å². The normalized spacial score (nSPS) is 20.8. The van der Waals surface area contributed by atoms with Crippen molar-refractivity contribution in [1.29, 1.82) is 0 Å². The van der Waals surface area contributed by atoms with E-state index in [9.17, 15) is 4.79 Å². The topological polar surface area (TPSA) is 41.6 Å². The summed E-state index contributed by atoms with van der Waals surface area (Å²) in [5.74, 6) is 0.204. The Balaban J connectivity index is 2.14. The standard InChI is InChI=1S/C17H26N2O2/c1-12(2)19(9-10-21-4)17(20)15-11-14-7-5-6-8-16(14)18-13(15)3/h5-8,12-13,15,18H,9-11H2,1-4H3. The number of ether oxygens (including phenoxy) is 1. The highest BCUT2D eigenvalue weighted by Gasteiger charge is 2.33. The highest BCUT2D eigenvalue weighted by molar-refractivity contribution is 5.82. The molecule has 0 saturated heterocycles. The van der Waals surface area contributed by atoms with Crippen molar-refractivity contribution in [3.8, 4) is 0 Å². The lowest BCUT2D eigenvalue weighted by Gasteiger charge is -2.36. The van der Waals surface area contributed by atoms with E-state index in [4.69, 9.17) is 4.74 Å². The average Bonchev–Trinajstić information content (AvgIpc) is 2.46. The number of anilines is 1. The molecule has 1 aromatic carbocycles. The molecule has 0 bridgehead atoms. The Morgan fingerprint density at radius 2 is 2.14 bits per heavy atom. The van der Waals surface area contributed by atoms with Crippen molar-refractivity contribution < 1.29 is 9.53 Å². The monoisotopic (exact) mass is 290 g/mol. The van der Waals surface area contributed by atoms with E-state index in [-0.39, 0.29) is 23.9 Å². The fraction of sp³-hybridized carbons (Fsp3) is 0.588. The van der Waals surface area contributed by atoms with Crippen LogP contribution in [0.2, 0.25) is 0 Å². The van der Waals surface area contributed by atoms with Crippen LogP contribution >= 0.6 is 0 Å². The molecule has 0 radical (unpaired) electrons. The number of carbonyl (C=O) groups is 1. The summed E-state index contributed by atoms with van der Waals surface area (Å²) in [6.07, 6.45) is 0.805. The van der Waals surface area contributed by atoms with Crippen molar-refractivity contribution in [2.45, 2.75) is 39.3 Å². The molecular weight excluding hydrogens is 264 g/mol. The van der Waals surface area contributed by atoms with E-state index in [1.54, 1.807) is 7.11 Å². The van der Waals surface area contributed by atoms with Gasteiger partial charge in [-0.25, -0.2) is 0 Å². The summed E-state index contributed by atoms with van der Waals surface area (Å²) >= 11 is 0. The molecule has 21 heavy (non-hydrogen) atoms. The third-order valence-electron chi connectivity index (χ3n) is 4.20. The molecule has 2 atom stereocenters. The molecule has 1 aliphatic rings. The van der Waals surface area contributed by atoms with E-state index in [1.807, 2.05) is 17.0 Å². The third-order valence-corrected chi connectivity index (χ3v) is 4.20. The van der Waals surface area contributed by atoms with E-state index in [0.717, 1.165) is 12.1 Å². The SMILES string of the molecule is COCCN(C(=O)C1Cc2ccccc2NC1C)C(C)C. The van der Waals surface area contributed by atoms with Gasteiger partial charge < -0.3 is 15.0 Å². The summed E-state index contributed by atoms with van der Waals surface area (Å²) in [7, 11) is 1.67. The Hall–Kier alpha value is -1.55. The molecule has 2 rings (SSSR count). The Kier molecular flexibility index (Phi) is 5.23. The van der Waals surface area contributed by atoms with Gasteiger partial charge in [0.15, 0.2) is 0 Å². The van der Waals surface area contributed by atoms with Crippen LogP contribution in [0.15, 0.2) is 24.3 Å². The first-order valence-electron chi connectivity index (χ1n) is 7.68. The number of benzene rings is 1. The molecule has 116 valence electrons. The van der Waals surface area contributed by atoms with Gasteiger partial charge in [0, 0.05) is 31.4 Å². The minimum atomic E-state index is -0.0147. The smallest absolute Gasteiger partial charge is 0.228 e. The maximum absolute atomic E-state index is 12.9. The van der Waals surface area contributed by atoms with Gasteiger partial charge in [-0.3, -0.25) is 4.79 Å². The molecule has 2 unspecified atom stereocenters. The fourth-order valence-corrected chi connectivity index (χ4v) is 2.93. The zero-order valence-corrected chi connectivity index (χ0v) is 13.4. The number of amides is 1. The molecule has 1 aromatic rings. The summed E-state index contributed by atoms with van der Waals surface area (Å²) in [5, 5.41) is 3.46. The van der Waals surface area contributed by atoms with Crippen LogP contribution in [-0.2, 0) is 16.0 Å². The van der Waals surface area contributed by atoms with E-state index in [0.29, 0.717) is 13.2 Å². The number of hydrogen-bond acceptors (Lipinski definition) is 3. The lowest BCUT2D eigenvalue weighted by Crippen LogP contribution is -2.49. The lowest BCUT2D eigenvalue weighted by atomic mass is 9.86. The lowest BCUT2D eigenvalue weighted by molar-refractivity contribution is -0.138. The summed E-state index contributed by atoms with van der Waals surface area (Å²) < 4.78 is 5.13. The Morgan fingerprint density at radius 1 is 1.43 bits per heavy atom. The number of para-hydroxylation sites is 1. The van der Waals surface area contributed by atoms with Crippen LogP contribution in [0.3, 0.4) is 0 Å². The summed E-state index contributed by atoms with van der Waals surface area (Å²) in [5.41, 5.74) is 2.38. The predicted octanol–water partition coefficient (Wildman–Crippen LogP) is 2.54. The Bertz CT molecular complexity index is 487. The van der Waals surface area contributed by atoms with Crippen molar-refractivity contribution >= 4 is 11.6 Å². The van der Waals surface area contributed by atoms with E-state index in [1.165, 1.54) is 5.56 Å². The van der Waals surface area contributed by atoms with Crippen molar-refractivity contribution in [3.05, 3.63) is 29.8 Å². The minimum Gasteiger partial charge on any atom is -0.383 e. The summed E-state index contributed by atoms with van der Waals surface area (Å²) in [6.45, 7) is 7.44. The molecule has 0 aliphatic carbocycles. The number of fused-ring (bicyclic) bond motifs is 1. The van der Waals surface area contributed by atoms with E-state index >= 15 is 0 Å². The van der Waals surface area contributed by atoms with Crippen LogP contribution in [0.25, 0.3) is 0 Å². The molecular formula is C17H26N2O2. The van der Waals surface area contributed by atoms with E-state index < -0.39 is 0 Å². The number of carbonyl (C=O) groups excluding carboxylic acids is 1. The average molecular weight is 290 g/mol. The van der Waals surface area contributed by atoms with Crippen molar-refractivity contribution in [3.63, 3.8) is 0 Å².